The third-order valence-electron chi connectivity index (χ3n) is 5.36. The third kappa shape index (κ3) is 4.52. The van der Waals surface area contributed by atoms with Gasteiger partial charge in [-0.1, -0.05) is 6.07 Å². The molecule has 0 saturated carbocycles. The average Bonchev–Trinajstić information content (AvgIpc) is 2.59. The highest BCUT2D eigenvalue weighted by Gasteiger charge is 2.41. The summed E-state index contributed by atoms with van der Waals surface area (Å²) in [4.78, 5) is 39.6. The Morgan fingerprint density at radius 3 is 2.73 bits per heavy atom. The van der Waals surface area contributed by atoms with Gasteiger partial charge in [0.1, 0.15) is 6.10 Å². The Hall–Kier alpha value is -2.15. The van der Waals surface area contributed by atoms with Crippen molar-refractivity contribution in [2.75, 3.05) is 19.7 Å². The molecular weight excluding hydrogens is 336 g/mol. The molecule has 0 radical (unpaired) electrons. The number of nitrogens with one attached hydrogen (secondary N) is 1. The van der Waals surface area contributed by atoms with Crippen LogP contribution in [0.4, 0.5) is 0 Å². The molecule has 0 aliphatic carbocycles. The maximum atomic E-state index is 11.7. The second-order valence-corrected chi connectivity index (χ2v) is 7.28. The number of aromatic nitrogens is 1. The van der Waals surface area contributed by atoms with Gasteiger partial charge in [0.25, 0.3) is 0 Å². The fraction of sp³-hybridized carbons (Fsp3) is 0.632. The molecule has 7 nitrogen and oxygen atoms in total. The number of carbonyl (C=O) groups is 2. The number of esters is 2. The number of rotatable bonds is 4. The van der Waals surface area contributed by atoms with Gasteiger partial charge in [0, 0.05) is 63.0 Å². The fourth-order valence-corrected chi connectivity index (χ4v) is 4.28. The summed E-state index contributed by atoms with van der Waals surface area (Å²) in [5.74, 6) is -0.222. The molecule has 3 rings (SSSR count). The molecular formula is C19H26N2O5. The van der Waals surface area contributed by atoms with Crippen LogP contribution in [0, 0.1) is 5.92 Å². The van der Waals surface area contributed by atoms with Crippen molar-refractivity contribution in [3.63, 3.8) is 0 Å². The lowest BCUT2D eigenvalue weighted by Crippen LogP contribution is -2.55. The molecule has 2 fully saturated rings. The van der Waals surface area contributed by atoms with Crippen LogP contribution in [-0.4, -0.2) is 53.7 Å². The van der Waals surface area contributed by atoms with Crippen molar-refractivity contribution >= 4 is 11.9 Å². The van der Waals surface area contributed by atoms with Crippen LogP contribution in [-0.2, 0) is 19.1 Å². The van der Waals surface area contributed by atoms with E-state index >= 15 is 0 Å². The van der Waals surface area contributed by atoms with Crippen molar-refractivity contribution in [2.24, 2.45) is 5.92 Å². The maximum absolute atomic E-state index is 11.7. The zero-order valence-electron chi connectivity index (χ0n) is 15.3. The number of carbonyl (C=O) groups excluding carboxylic acids is 2. The van der Waals surface area contributed by atoms with Crippen LogP contribution >= 0.6 is 0 Å². The topological polar surface area (TPSA) is 88.7 Å². The molecule has 0 amide bonds. The number of H-pyrrole nitrogens is 1. The zero-order chi connectivity index (χ0) is 18.7. The molecule has 0 unspecified atom stereocenters. The number of aromatic amines is 1. The number of ether oxygens (including phenoxy) is 2. The quantitative estimate of drug-likeness (QED) is 0.816. The van der Waals surface area contributed by atoms with Gasteiger partial charge in [-0.15, -0.1) is 0 Å². The molecule has 7 heteroatoms. The van der Waals surface area contributed by atoms with Crippen molar-refractivity contribution in [1.82, 2.24) is 9.88 Å². The Balaban J connectivity index is 1.77. The first-order valence-electron chi connectivity index (χ1n) is 9.16. The number of hydrogen-bond donors (Lipinski definition) is 1. The number of piperidine rings is 2. The molecule has 142 valence electrons. The predicted octanol–water partition coefficient (Wildman–Crippen LogP) is 1.44. The van der Waals surface area contributed by atoms with Crippen LogP contribution in [0.1, 0.15) is 44.7 Å². The van der Waals surface area contributed by atoms with Crippen LogP contribution in [0.3, 0.4) is 0 Å². The molecule has 1 aromatic heterocycles. The Kier molecular flexibility index (Phi) is 5.76. The summed E-state index contributed by atoms with van der Waals surface area (Å²) in [6.07, 6.45) is 2.29. The molecule has 2 aliphatic rings. The Morgan fingerprint density at radius 2 is 2.04 bits per heavy atom. The Labute approximate surface area is 152 Å². The van der Waals surface area contributed by atoms with E-state index in [1.165, 1.54) is 19.9 Å². The number of pyridine rings is 1. The summed E-state index contributed by atoms with van der Waals surface area (Å²) in [7, 11) is 0. The van der Waals surface area contributed by atoms with Crippen molar-refractivity contribution in [3.05, 3.63) is 34.2 Å². The van der Waals surface area contributed by atoms with Gasteiger partial charge in [-0.05, 0) is 18.9 Å². The van der Waals surface area contributed by atoms with Crippen LogP contribution in [0.25, 0.3) is 0 Å². The Morgan fingerprint density at radius 1 is 1.23 bits per heavy atom. The number of fused-ring (bicyclic) bond motifs is 1. The second-order valence-electron chi connectivity index (χ2n) is 7.28. The van der Waals surface area contributed by atoms with Crippen LogP contribution in [0.2, 0.25) is 0 Å². The molecule has 1 aromatic rings. The molecule has 2 saturated heterocycles. The van der Waals surface area contributed by atoms with E-state index in [1.54, 1.807) is 6.07 Å². The first-order valence-corrected chi connectivity index (χ1v) is 9.16. The van der Waals surface area contributed by atoms with Crippen LogP contribution in [0.5, 0.6) is 0 Å². The van der Waals surface area contributed by atoms with E-state index in [-0.39, 0.29) is 41.5 Å². The minimum Gasteiger partial charge on any atom is -0.466 e. The first kappa shape index (κ1) is 18.6. The zero-order valence-corrected chi connectivity index (χ0v) is 15.3. The predicted molar refractivity (Wildman–Crippen MR) is 94.7 cm³/mol. The monoisotopic (exact) mass is 362 g/mol. The van der Waals surface area contributed by atoms with Gasteiger partial charge in [0.15, 0.2) is 0 Å². The lowest BCUT2D eigenvalue weighted by atomic mass is 9.77. The second kappa shape index (κ2) is 8.03. The van der Waals surface area contributed by atoms with E-state index in [9.17, 15) is 14.4 Å². The van der Waals surface area contributed by atoms with E-state index in [2.05, 4.69) is 9.88 Å². The van der Waals surface area contributed by atoms with Gasteiger partial charge in [-0.3, -0.25) is 19.3 Å². The van der Waals surface area contributed by atoms with Crippen molar-refractivity contribution in [2.45, 2.75) is 51.2 Å². The van der Waals surface area contributed by atoms with Gasteiger partial charge >= 0.3 is 11.9 Å². The summed E-state index contributed by atoms with van der Waals surface area (Å²) in [6.45, 7) is 4.86. The normalized spacial score (nSPS) is 28.8. The molecule has 4 atom stereocenters. The summed E-state index contributed by atoms with van der Waals surface area (Å²) in [5.41, 5.74) is 0.820. The summed E-state index contributed by atoms with van der Waals surface area (Å²) in [5, 5.41) is 0. The van der Waals surface area contributed by atoms with Crippen LogP contribution < -0.4 is 5.56 Å². The molecule has 0 spiro atoms. The highest BCUT2D eigenvalue weighted by molar-refractivity contribution is 5.66. The summed E-state index contributed by atoms with van der Waals surface area (Å²) >= 11 is 0. The standard InChI is InChI=1S/C19H26N2O5/c1-12(22)25-11-15-8-14(17-4-3-5-19(24)20-17)10-21-7-6-16(9-18(15)21)26-13(2)23/h3-5,14-16,18H,6-11H2,1-2H3,(H,20,24)/t14-,15-,16-,18-/m1/s1. The highest BCUT2D eigenvalue weighted by Crippen LogP contribution is 2.38. The number of hydrogen-bond acceptors (Lipinski definition) is 6. The largest absolute Gasteiger partial charge is 0.466 e. The average molecular weight is 362 g/mol. The molecule has 0 bridgehead atoms. The van der Waals surface area contributed by atoms with E-state index < -0.39 is 0 Å². The lowest BCUT2D eigenvalue weighted by Gasteiger charge is -2.48. The van der Waals surface area contributed by atoms with E-state index in [4.69, 9.17) is 9.47 Å². The molecule has 0 aromatic carbocycles. The smallest absolute Gasteiger partial charge is 0.302 e. The van der Waals surface area contributed by atoms with Crippen molar-refractivity contribution in [1.29, 1.82) is 0 Å². The number of nitrogens with zero attached hydrogens (tertiary/aromatic N) is 1. The van der Waals surface area contributed by atoms with Gasteiger partial charge in [0.2, 0.25) is 5.56 Å². The molecule has 26 heavy (non-hydrogen) atoms. The highest BCUT2D eigenvalue weighted by atomic mass is 16.5. The minimum atomic E-state index is -0.292. The molecule has 2 aliphatic heterocycles. The van der Waals surface area contributed by atoms with Gasteiger partial charge in [-0.2, -0.15) is 0 Å². The molecule has 3 heterocycles. The van der Waals surface area contributed by atoms with Crippen LogP contribution in [0.15, 0.2) is 23.0 Å². The third-order valence-corrected chi connectivity index (χ3v) is 5.36. The van der Waals surface area contributed by atoms with Gasteiger partial charge in [0.05, 0.1) is 6.61 Å². The minimum absolute atomic E-state index is 0.0818. The molecule has 1 N–H and O–H groups in total. The first-order chi connectivity index (χ1) is 12.4. The summed E-state index contributed by atoms with van der Waals surface area (Å²) in [6, 6.07) is 5.43. The fourth-order valence-electron chi connectivity index (χ4n) is 4.28. The summed E-state index contributed by atoms with van der Waals surface area (Å²) < 4.78 is 10.7. The van der Waals surface area contributed by atoms with E-state index in [1.807, 2.05) is 6.07 Å². The van der Waals surface area contributed by atoms with E-state index in [0.29, 0.717) is 6.61 Å². The van der Waals surface area contributed by atoms with Gasteiger partial charge < -0.3 is 14.5 Å². The maximum Gasteiger partial charge on any atom is 0.302 e. The SMILES string of the molecule is CC(=O)OC[C@H]1C[C@@H](c2cccc(=O)[nH]2)CN2CC[C@@H](OC(C)=O)C[C@H]12. The van der Waals surface area contributed by atoms with Crippen molar-refractivity contribution in [3.8, 4) is 0 Å². The van der Waals surface area contributed by atoms with Crippen molar-refractivity contribution < 1.29 is 19.1 Å². The van der Waals surface area contributed by atoms with Gasteiger partial charge in [-0.25, -0.2) is 0 Å². The lowest BCUT2D eigenvalue weighted by molar-refractivity contribution is -0.152. The Bertz CT molecular complexity index is 716. The van der Waals surface area contributed by atoms with E-state index in [0.717, 1.165) is 38.0 Å².